The molecule has 0 saturated carbocycles. The Bertz CT molecular complexity index is 676. The first kappa shape index (κ1) is 15.8. The highest BCUT2D eigenvalue weighted by molar-refractivity contribution is 5.99. The molecule has 2 aromatic rings. The Balaban J connectivity index is 1.88. The number of nitrogens with one attached hydrogen (secondary N) is 1. The van der Waals surface area contributed by atoms with E-state index in [4.69, 9.17) is 4.74 Å². The van der Waals surface area contributed by atoms with Crippen LogP contribution in [0.1, 0.15) is 23.6 Å². The first-order valence-electron chi connectivity index (χ1n) is 7.15. The molecule has 4 nitrogen and oxygen atoms in total. The minimum Gasteiger partial charge on any atom is -0.483 e. The summed E-state index contributed by atoms with van der Waals surface area (Å²) in [6.07, 6.45) is 0. The second kappa shape index (κ2) is 7.41. The van der Waals surface area contributed by atoms with Gasteiger partial charge in [-0.25, -0.2) is 5.43 Å². The Hall–Kier alpha value is -2.62. The van der Waals surface area contributed by atoms with Gasteiger partial charge in [-0.2, -0.15) is 5.10 Å². The number of carbonyl (C=O) groups excluding carboxylic acids is 1. The van der Waals surface area contributed by atoms with Crippen LogP contribution in [0, 0.1) is 13.8 Å². The van der Waals surface area contributed by atoms with E-state index in [0.29, 0.717) is 5.75 Å². The number of hydrazone groups is 1. The summed E-state index contributed by atoms with van der Waals surface area (Å²) in [6, 6.07) is 15.6. The highest BCUT2D eigenvalue weighted by Gasteiger charge is 2.04. The standard InChI is InChI=1S/C18H20N2O2/c1-13-8-10-16(11-9-13)15(3)19-20-18(21)12-22-17-7-5-4-6-14(17)2/h4-11H,12H2,1-3H3,(H,20,21)/b19-15-. The molecule has 0 saturated heterocycles. The molecule has 2 aromatic carbocycles. The Morgan fingerprint density at radius 1 is 1.09 bits per heavy atom. The maximum atomic E-state index is 11.8. The summed E-state index contributed by atoms with van der Waals surface area (Å²) in [5.74, 6) is 0.423. The second-order valence-electron chi connectivity index (χ2n) is 5.15. The Kier molecular flexibility index (Phi) is 5.31. The van der Waals surface area contributed by atoms with Crippen molar-refractivity contribution in [2.24, 2.45) is 5.10 Å². The van der Waals surface area contributed by atoms with Crippen LogP contribution >= 0.6 is 0 Å². The molecule has 0 spiro atoms. The SMILES string of the molecule is C/C(=N/NC(=O)COc1ccccc1C)c1ccc(C)cc1. The first-order chi connectivity index (χ1) is 10.6. The van der Waals surface area contributed by atoms with Crippen LogP contribution < -0.4 is 10.2 Å². The van der Waals surface area contributed by atoms with Crippen molar-refractivity contribution in [3.8, 4) is 5.75 Å². The minimum absolute atomic E-state index is 0.0600. The summed E-state index contributed by atoms with van der Waals surface area (Å²) >= 11 is 0. The van der Waals surface area contributed by atoms with Crippen molar-refractivity contribution in [3.63, 3.8) is 0 Å². The molecular formula is C18H20N2O2. The highest BCUT2D eigenvalue weighted by atomic mass is 16.5. The summed E-state index contributed by atoms with van der Waals surface area (Å²) in [6.45, 7) is 5.76. The van der Waals surface area contributed by atoms with Gasteiger partial charge < -0.3 is 4.74 Å². The number of para-hydroxylation sites is 1. The zero-order chi connectivity index (χ0) is 15.9. The zero-order valence-electron chi connectivity index (χ0n) is 13.1. The van der Waals surface area contributed by atoms with Crippen molar-refractivity contribution in [3.05, 3.63) is 65.2 Å². The van der Waals surface area contributed by atoms with Gasteiger partial charge in [0.15, 0.2) is 6.61 Å². The molecule has 1 amide bonds. The molecule has 0 aromatic heterocycles. The Morgan fingerprint density at radius 2 is 1.77 bits per heavy atom. The molecule has 0 atom stereocenters. The summed E-state index contributed by atoms with van der Waals surface area (Å²) in [5.41, 5.74) is 6.42. The molecule has 1 N–H and O–H groups in total. The van der Waals surface area contributed by atoms with Crippen LogP contribution in [0.25, 0.3) is 0 Å². The van der Waals surface area contributed by atoms with E-state index in [1.165, 1.54) is 5.56 Å². The van der Waals surface area contributed by atoms with Crippen molar-refractivity contribution in [2.45, 2.75) is 20.8 Å². The quantitative estimate of drug-likeness (QED) is 0.680. The van der Waals surface area contributed by atoms with E-state index in [2.05, 4.69) is 10.5 Å². The van der Waals surface area contributed by atoms with Crippen molar-refractivity contribution >= 4 is 11.6 Å². The van der Waals surface area contributed by atoms with Gasteiger partial charge in [-0.05, 0) is 38.0 Å². The zero-order valence-corrected chi connectivity index (χ0v) is 13.1. The van der Waals surface area contributed by atoms with Crippen LogP contribution in [-0.4, -0.2) is 18.2 Å². The third-order valence-electron chi connectivity index (χ3n) is 3.27. The number of rotatable bonds is 5. The van der Waals surface area contributed by atoms with Crippen molar-refractivity contribution < 1.29 is 9.53 Å². The highest BCUT2D eigenvalue weighted by Crippen LogP contribution is 2.15. The lowest BCUT2D eigenvalue weighted by atomic mass is 10.1. The van der Waals surface area contributed by atoms with E-state index < -0.39 is 0 Å². The van der Waals surface area contributed by atoms with E-state index >= 15 is 0 Å². The van der Waals surface area contributed by atoms with Gasteiger partial charge in [0, 0.05) is 0 Å². The summed E-state index contributed by atoms with van der Waals surface area (Å²) in [7, 11) is 0. The third kappa shape index (κ3) is 4.45. The van der Waals surface area contributed by atoms with E-state index in [1.807, 2.05) is 69.3 Å². The molecule has 0 aliphatic carbocycles. The molecular weight excluding hydrogens is 276 g/mol. The number of nitrogens with zero attached hydrogens (tertiary/aromatic N) is 1. The van der Waals surface area contributed by atoms with Crippen molar-refractivity contribution in [1.82, 2.24) is 5.43 Å². The monoisotopic (exact) mass is 296 g/mol. The number of aryl methyl sites for hydroxylation is 2. The fourth-order valence-electron chi connectivity index (χ4n) is 1.90. The molecule has 2 rings (SSSR count). The molecule has 4 heteroatoms. The minimum atomic E-state index is -0.283. The average molecular weight is 296 g/mol. The molecule has 114 valence electrons. The summed E-state index contributed by atoms with van der Waals surface area (Å²) in [5, 5.41) is 4.10. The molecule has 0 radical (unpaired) electrons. The van der Waals surface area contributed by atoms with E-state index in [-0.39, 0.29) is 12.5 Å². The topological polar surface area (TPSA) is 50.7 Å². The number of hydrogen-bond acceptors (Lipinski definition) is 3. The maximum absolute atomic E-state index is 11.8. The van der Waals surface area contributed by atoms with Gasteiger partial charge in [-0.15, -0.1) is 0 Å². The molecule has 0 unspecified atom stereocenters. The van der Waals surface area contributed by atoms with Gasteiger partial charge in [-0.3, -0.25) is 4.79 Å². The van der Waals surface area contributed by atoms with Crippen molar-refractivity contribution in [1.29, 1.82) is 0 Å². The number of hydrogen-bond donors (Lipinski definition) is 1. The first-order valence-corrected chi connectivity index (χ1v) is 7.15. The van der Waals surface area contributed by atoms with Crippen LogP contribution in [0.4, 0.5) is 0 Å². The van der Waals surface area contributed by atoms with Crippen LogP contribution in [0.2, 0.25) is 0 Å². The molecule has 0 heterocycles. The lowest BCUT2D eigenvalue weighted by molar-refractivity contribution is -0.123. The van der Waals surface area contributed by atoms with Gasteiger partial charge in [-0.1, -0.05) is 48.0 Å². The molecule has 0 aliphatic heterocycles. The predicted octanol–water partition coefficient (Wildman–Crippen LogP) is 3.22. The van der Waals surface area contributed by atoms with Crippen LogP contribution in [0.3, 0.4) is 0 Å². The number of ether oxygens (including phenoxy) is 1. The number of carbonyl (C=O) groups is 1. The molecule has 0 aliphatic rings. The predicted molar refractivity (Wildman–Crippen MR) is 88.2 cm³/mol. The van der Waals surface area contributed by atoms with Gasteiger partial charge in [0.05, 0.1) is 5.71 Å². The molecule has 0 bridgehead atoms. The van der Waals surface area contributed by atoms with Crippen LogP contribution in [-0.2, 0) is 4.79 Å². The normalized spacial score (nSPS) is 11.1. The largest absolute Gasteiger partial charge is 0.483 e. The fraction of sp³-hybridized carbons (Fsp3) is 0.222. The van der Waals surface area contributed by atoms with E-state index in [0.717, 1.165) is 16.8 Å². The van der Waals surface area contributed by atoms with E-state index in [1.54, 1.807) is 0 Å². The third-order valence-corrected chi connectivity index (χ3v) is 3.27. The number of amides is 1. The lowest BCUT2D eigenvalue weighted by Gasteiger charge is -2.08. The maximum Gasteiger partial charge on any atom is 0.277 e. The smallest absolute Gasteiger partial charge is 0.277 e. The Morgan fingerprint density at radius 3 is 2.45 bits per heavy atom. The number of benzene rings is 2. The second-order valence-corrected chi connectivity index (χ2v) is 5.15. The molecule has 22 heavy (non-hydrogen) atoms. The van der Waals surface area contributed by atoms with Gasteiger partial charge in [0.25, 0.3) is 5.91 Å². The summed E-state index contributed by atoms with van der Waals surface area (Å²) < 4.78 is 5.47. The van der Waals surface area contributed by atoms with Crippen LogP contribution in [0.15, 0.2) is 53.6 Å². The molecule has 0 fully saturated rings. The fourth-order valence-corrected chi connectivity index (χ4v) is 1.90. The lowest BCUT2D eigenvalue weighted by Crippen LogP contribution is -2.25. The van der Waals surface area contributed by atoms with Gasteiger partial charge >= 0.3 is 0 Å². The average Bonchev–Trinajstić information content (AvgIpc) is 2.52. The van der Waals surface area contributed by atoms with Gasteiger partial charge in [0.2, 0.25) is 0 Å². The van der Waals surface area contributed by atoms with Crippen molar-refractivity contribution in [2.75, 3.05) is 6.61 Å². The van der Waals surface area contributed by atoms with Crippen LogP contribution in [0.5, 0.6) is 5.75 Å². The van der Waals surface area contributed by atoms with Gasteiger partial charge in [0.1, 0.15) is 5.75 Å². The summed E-state index contributed by atoms with van der Waals surface area (Å²) in [4.78, 5) is 11.8. The Labute approximate surface area is 130 Å². The van der Waals surface area contributed by atoms with E-state index in [9.17, 15) is 4.79 Å².